The Labute approximate surface area is 204 Å². The SMILES string of the molecule is O=C(CCl)Nc1ccc(-c2ccns2)cc1-c1ncncc1CC(=O)NC1CCC(F)(F)CC1. The van der Waals surface area contributed by atoms with E-state index >= 15 is 0 Å². The van der Waals surface area contributed by atoms with Gasteiger partial charge in [-0.15, -0.1) is 11.6 Å². The number of rotatable bonds is 7. The van der Waals surface area contributed by atoms with E-state index in [9.17, 15) is 18.4 Å². The van der Waals surface area contributed by atoms with Crippen LogP contribution < -0.4 is 10.6 Å². The summed E-state index contributed by atoms with van der Waals surface area (Å²) in [5.41, 5.74) is 3.00. The summed E-state index contributed by atoms with van der Waals surface area (Å²) in [6, 6.07) is 7.07. The van der Waals surface area contributed by atoms with E-state index in [-0.39, 0.29) is 55.8 Å². The lowest BCUT2D eigenvalue weighted by Crippen LogP contribution is -2.41. The van der Waals surface area contributed by atoms with Crippen LogP contribution in [0.1, 0.15) is 31.2 Å². The average molecular weight is 506 g/mol. The second-order valence-corrected chi connectivity index (χ2v) is 9.19. The highest BCUT2D eigenvalue weighted by Crippen LogP contribution is 2.35. The summed E-state index contributed by atoms with van der Waals surface area (Å²) in [5, 5.41) is 5.62. The molecule has 0 spiro atoms. The van der Waals surface area contributed by atoms with Gasteiger partial charge >= 0.3 is 0 Å². The molecule has 3 aromatic rings. The Morgan fingerprint density at radius 2 is 1.97 bits per heavy atom. The van der Waals surface area contributed by atoms with E-state index in [1.54, 1.807) is 18.5 Å². The fraction of sp³-hybridized carbons (Fsp3) is 0.348. The minimum absolute atomic E-state index is 0.0310. The molecule has 0 aliphatic heterocycles. The van der Waals surface area contributed by atoms with Crippen molar-refractivity contribution in [2.24, 2.45) is 0 Å². The normalized spacial score (nSPS) is 15.6. The first-order valence-corrected chi connectivity index (χ1v) is 12.0. The molecule has 2 heterocycles. The van der Waals surface area contributed by atoms with Gasteiger partial charge in [0.25, 0.3) is 0 Å². The molecule has 1 saturated carbocycles. The second kappa shape index (κ2) is 10.5. The lowest BCUT2D eigenvalue weighted by Gasteiger charge is -2.28. The van der Waals surface area contributed by atoms with Crippen molar-refractivity contribution in [3.05, 3.63) is 48.5 Å². The second-order valence-electron chi connectivity index (χ2n) is 8.09. The number of nitrogens with one attached hydrogen (secondary N) is 2. The van der Waals surface area contributed by atoms with Crippen molar-refractivity contribution in [2.45, 2.75) is 44.1 Å². The van der Waals surface area contributed by atoms with Gasteiger partial charge in [0.1, 0.15) is 12.2 Å². The molecule has 0 radical (unpaired) electrons. The van der Waals surface area contributed by atoms with Crippen LogP contribution in [0.15, 0.2) is 43.0 Å². The minimum atomic E-state index is -2.66. The first kappa shape index (κ1) is 24.2. The highest BCUT2D eigenvalue weighted by atomic mass is 35.5. The Bertz CT molecular complexity index is 1170. The van der Waals surface area contributed by atoms with Crippen molar-refractivity contribution in [3.63, 3.8) is 0 Å². The molecule has 2 aromatic heterocycles. The smallest absolute Gasteiger partial charge is 0.248 e. The molecule has 11 heteroatoms. The lowest BCUT2D eigenvalue weighted by molar-refractivity contribution is -0.122. The lowest BCUT2D eigenvalue weighted by atomic mass is 9.92. The Hall–Kier alpha value is -2.98. The van der Waals surface area contributed by atoms with E-state index in [1.807, 2.05) is 18.2 Å². The van der Waals surface area contributed by atoms with Crippen LogP contribution in [0.25, 0.3) is 21.7 Å². The van der Waals surface area contributed by atoms with Crippen LogP contribution in [0.3, 0.4) is 0 Å². The molecule has 1 aliphatic carbocycles. The topological polar surface area (TPSA) is 96.9 Å². The van der Waals surface area contributed by atoms with E-state index in [0.717, 1.165) is 10.4 Å². The summed E-state index contributed by atoms with van der Waals surface area (Å²) in [6.45, 7) is 0. The number of alkyl halides is 3. The molecule has 1 fully saturated rings. The zero-order valence-electron chi connectivity index (χ0n) is 18.1. The van der Waals surface area contributed by atoms with Gasteiger partial charge in [0.2, 0.25) is 17.7 Å². The predicted octanol–water partition coefficient (Wildman–Crippen LogP) is 4.68. The summed E-state index contributed by atoms with van der Waals surface area (Å²) in [6.07, 6.45) is 4.60. The molecule has 1 aliphatic rings. The number of hydrogen-bond acceptors (Lipinski definition) is 6. The predicted molar refractivity (Wildman–Crippen MR) is 127 cm³/mol. The first-order valence-electron chi connectivity index (χ1n) is 10.7. The Morgan fingerprint density at radius 3 is 2.68 bits per heavy atom. The number of aromatic nitrogens is 3. The van der Waals surface area contributed by atoms with Crippen LogP contribution in [-0.4, -0.2) is 44.0 Å². The number of benzene rings is 1. The fourth-order valence-corrected chi connectivity index (χ4v) is 4.57. The number of halogens is 3. The average Bonchev–Trinajstić information content (AvgIpc) is 3.36. The highest BCUT2D eigenvalue weighted by molar-refractivity contribution is 7.09. The number of nitrogens with zero attached hydrogens (tertiary/aromatic N) is 3. The summed E-state index contributed by atoms with van der Waals surface area (Å²) >= 11 is 7.01. The molecule has 0 unspecified atom stereocenters. The molecule has 0 atom stereocenters. The van der Waals surface area contributed by atoms with Gasteiger partial charge in [0.15, 0.2) is 0 Å². The summed E-state index contributed by atoms with van der Waals surface area (Å²) in [4.78, 5) is 34.1. The molecule has 34 heavy (non-hydrogen) atoms. The zero-order chi connectivity index (χ0) is 24.1. The molecule has 4 rings (SSSR count). The summed E-state index contributed by atoms with van der Waals surface area (Å²) in [5.74, 6) is -3.54. The third-order valence-electron chi connectivity index (χ3n) is 5.61. The van der Waals surface area contributed by atoms with Crippen LogP contribution in [0.4, 0.5) is 14.5 Å². The zero-order valence-corrected chi connectivity index (χ0v) is 19.6. The van der Waals surface area contributed by atoms with Crippen molar-refractivity contribution in [1.29, 1.82) is 0 Å². The Balaban J connectivity index is 1.61. The minimum Gasteiger partial charge on any atom is -0.353 e. The fourth-order valence-electron chi connectivity index (χ4n) is 3.92. The van der Waals surface area contributed by atoms with Crippen LogP contribution >= 0.6 is 23.1 Å². The maximum absolute atomic E-state index is 13.4. The van der Waals surface area contributed by atoms with Gasteiger partial charge in [-0.3, -0.25) is 9.59 Å². The van der Waals surface area contributed by atoms with Crippen molar-refractivity contribution < 1.29 is 18.4 Å². The maximum Gasteiger partial charge on any atom is 0.248 e. The molecule has 7 nitrogen and oxygen atoms in total. The van der Waals surface area contributed by atoms with Crippen LogP contribution in [0, 0.1) is 0 Å². The Kier molecular flexibility index (Phi) is 7.47. The molecule has 2 amide bonds. The van der Waals surface area contributed by atoms with Crippen LogP contribution in [0.2, 0.25) is 0 Å². The van der Waals surface area contributed by atoms with E-state index in [1.165, 1.54) is 17.9 Å². The highest BCUT2D eigenvalue weighted by Gasteiger charge is 2.35. The van der Waals surface area contributed by atoms with Crippen LogP contribution in [0.5, 0.6) is 0 Å². The Morgan fingerprint density at radius 1 is 1.18 bits per heavy atom. The quantitative estimate of drug-likeness (QED) is 0.454. The van der Waals surface area contributed by atoms with Gasteiger partial charge in [-0.2, -0.15) is 0 Å². The number of carbonyl (C=O) groups excluding carboxylic acids is 2. The largest absolute Gasteiger partial charge is 0.353 e. The van der Waals surface area contributed by atoms with Crippen molar-refractivity contribution >= 4 is 40.6 Å². The van der Waals surface area contributed by atoms with Gasteiger partial charge in [-0.1, -0.05) is 6.07 Å². The van der Waals surface area contributed by atoms with E-state index in [0.29, 0.717) is 22.5 Å². The van der Waals surface area contributed by atoms with Crippen molar-refractivity contribution in [1.82, 2.24) is 19.7 Å². The number of anilines is 1. The van der Waals surface area contributed by atoms with Crippen molar-refractivity contribution in [3.8, 4) is 21.7 Å². The molecule has 1 aromatic carbocycles. The molecule has 0 bridgehead atoms. The van der Waals surface area contributed by atoms with Gasteiger partial charge in [0.05, 0.1) is 22.7 Å². The van der Waals surface area contributed by atoms with Gasteiger partial charge in [0, 0.05) is 42.4 Å². The van der Waals surface area contributed by atoms with E-state index < -0.39 is 5.92 Å². The van der Waals surface area contributed by atoms with Crippen LogP contribution in [-0.2, 0) is 16.0 Å². The van der Waals surface area contributed by atoms with Gasteiger partial charge in [-0.25, -0.2) is 23.1 Å². The molecular formula is C23H22ClF2N5O2S. The molecule has 178 valence electrons. The number of hydrogen-bond donors (Lipinski definition) is 2. The van der Waals surface area contributed by atoms with Crippen molar-refractivity contribution in [2.75, 3.05) is 11.2 Å². The molecule has 2 N–H and O–H groups in total. The van der Waals surface area contributed by atoms with Gasteiger partial charge in [-0.05, 0) is 48.1 Å². The van der Waals surface area contributed by atoms with Gasteiger partial charge < -0.3 is 10.6 Å². The third kappa shape index (κ3) is 5.92. The molecule has 0 saturated heterocycles. The summed E-state index contributed by atoms with van der Waals surface area (Å²) in [7, 11) is 0. The number of amides is 2. The maximum atomic E-state index is 13.4. The molecular weight excluding hydrogens is 484 g/mol. The monoisotopic (exact) mass is 505 g/mol. The van der Waals surface area contributed by atoms with E-state index in [2.05, 4.69) is 25.0 Å². The standard InChI is InChI=1S/C23H22ClF2N5O2S/c24-11-21(33)31-18-2-1-14(19-5-8-29-34-19)9-17(18)22-15(12-27-13-28-22)10-20(32)30-16-3-6-23(25,26)7-4-16/h1-2,5,8-9,12-13,16H,3-4,6-7,10-11H2,(H,30,32)(H,31,33). The van der Waals surface area contributed by atoms with E-state index in [4.69, 9.17) is 11.6 Å². The third-order valence-corrected chi connectivity index (χ3v) is 6.65. The number of carbonyl (C=O) groups is 2. The first-order chi connectivity index (χ1) is 16.3. The summed E-state index contributed by atoms with van der Waals surface area (Å²) < 4.78 is 31.0.